The highest BCUT2D eigenvalue weighted by Gasteiger charge is 2.19. The molecule has 8 aromatic carbocycles. The third-order valence-corrected chi connectivity index (χ3v) is 12.8. The number of aromatic nitrogens is 2. The highest BCUT2D eigenvalue weighted by Crippen LogP contribution is 2.39. The second kappa shape index (κ2) is 15.5. The first-order valence-corrected chi connectivity index (χ1v) is 21.4. The first-order chi connectivity index (χ1) is 28.7. The molecule has 0 saturated heterocycles. The molecular weight excluding hydrogens is 723 g/mol. The fourth-order valence-electron chi connectivity index (χ4n) is 8.43. The molecule has 6 heteroatoms. The van der Waals surface area contributed by atoms with Crippen LogP contribution < -0.4 is 15.8 Å². The van der Waals surface area contributed by atoms with E-state index in [-0.39, 0.29) is 0 Å². The molecule has 0 radical (unpaired) electrons. The molecule has 0 aliphatic rings. The van der Waals surface area contributed by atoms with Crippen molar-refractivity contribution in [3.05, 3.63) is 217 Å². The van der Waals surface area contributed by atoms with Gasteiger partial charge in [0.15, 0.2) is 0 Å². The van der Waals surface area contributed by atoms with Gasteiger partial charge in [0.1, 0.15) is 5.84 Å². The molecule has 0 aliphatic carbocycles. The zero-order valence-electron chi connectivity index (χ0n) is 32.5. The molecule has 0 spiro atoms. The van der Waals surface area contributed by atoms with Crippen molar-refractivity contribution >= 4 is 69.3 Å². The van der Waals surface area contributed by atoms with E-state index in [1.54, 1.807) is 0 Å². The van der Waals surface area contributed by atoms with Crippen LogP contribution in [0.3, 0.4) is 0 Å². The third-order valence-electron chi connectivity index (χ3n) is 11.1. The lowest BCUT2D eigenvalue weighted by molar-refractivity contribution is 0.284. The van der Waals surface area contributed by atoms with E-state index in [0.29, 0.717) is 13.1 Å². The Morgan fingerprint density at radius 1 is 0.483 bits per heavy atom. The summed E-state index contributed by atoms with van der Waals surface area (Å²) in [7, 11) is 1.44. The standard InChI is InChI=1S/C52H43N5Si/c1-55(54-52(39-20-8-3-9-21-39)53-35-37-17-6-2-7-18-37)36-38-19-16-24-41(31-38)57-49-30-29-43(58-42-25-12-5-13-26-42)32-45(49)47-33-46-44-27-14-15-28-48(44)56(50(46)34-51(47)57)40-22-10-4-11-23-40/h2-34H,35-36,58H2,1H3,(H,53,54). The van der Waals surface area contributed by atoms with Gasteiger partial charge in [0, 0.05) is 52.1 Å². The van der Waals surface area contributed by atoms with Crippen LogP contribution in [-0.2, 0) is 13.1 Å². The summed E-state index contributed by atoms with van der Waals surface area (Å²) in [6.45, 7) is 1.28. The molecule has 0 fully saturated rings. The SMILES string of the molecule is CN(Cc1cccc(-n2c3ccc([SiH2]c4ccccc4)cc3c3cc4c5ccccc5n(-c5ccccc5)c4cc32)c1)N/C(=N\Cc1ccccc1)c1ccccc1. The van der Waals surface area contributed by atoms with Crippen molar-refractivity contribution in [1.82, 2.24) is 19.6 Å². The van der Waals surface area contributed by atoms with Crippen LogP contribution in [0.25, 0.3) is 55.0 Å². The lowest BCUT2D eigenvalue weighted by atomic mass is 10.1. The van der Waals surface area contributed by atoms with Crippen LogP contribution in [0.2, 0.25) is 0 Å². The van der Waals surface area contributed by atoms with Gasteiger partial charge in [-0.25, -0.2) is 5.01 Å². The summed E-state index contributed by atoms with van der Waals surface area (Å²) in [5.74, 6) is 0.846. The summed E-state index contributed by atoms with van der Waals surface area (Å²) >= 11 is 0. The Morgan fingerprint density at radius 3 is 1.84 bits per heavy atom. The van der Waals surface area contributed by atoms with Crippen molar-refractivity contribution in [2.75, 3.05) is 7.05 Å². The van der Waals surface area contributed by atoms with Crippen LogP contribution in [-0.4, -0.2) is 36.5 Å². The topological polar surface area (TPSA) is 37.5 Å². The van der Waals surface area contributed by atoms with E-state index in [1.165, 1.54) is 65.1 Å². The highest BCUT2D eigenvalue weighted by atomic mass is 28.2. The molecule has 0 aliphatic heterocycles. The average molecular weight is 766 g/mol. The number of aliphatic imine (C=N–C) groups is 1. The Morgan fingerprint density at radius 2 is 1.07 bits per heavy atom. The van der Waals surface area contributed by atoms with E-state index in [9.17, 15) is 0 Å². The van der Waals surface area contributed by atoms with Gasteiger partial charge in [-0.1, -0.05) is 162 Å². The molecule has 0 saturated carbocycles. The summed E-state index contributed by atoms with van der Waals surface area (Å²) in [6, 6.07) is 72.3. The number of amidine groups is 1. The van der Waals surface area contributed by atoms with E-state index in [0.717, 1.165) is 22.8 Å². The molecule has 280 valence electrons. The molecule has 1 N–H and O–H groups in total. The molecule has 5 nitrogen and oxygen atoms in total. The zero-order chi connectivity index (χ0) is 38.8. The van der Waals surface area contributed by atoms with Crippen molar-refractivity contribution in [3.8, 4) is 11.4 Å². The van der Waals surface area contributed by atoms with Gasteiger partial charge >= 0.3 is 0 Å². The first-order valence-electron chi connectivity index (χ1n) is 20.0. The maximum atomic E-state index is 5.04. The summed E-state index contributed by atoms with van der Waals surface area (Å²) in [4.78, 5) is 5.04. The van der Waals surface area contributed by atoms with Crippen molar-refractivity contribution in [2.24, 2.45) is 4.99 Å². The quantitative estimate of drug-likeness (QED) is 0.0652. The normalized spacial score (nSPS) is 12.2. The van der Waals surface area contributed by atoms with E-state index in [2.05, 4.69) is 215 Å². The van der Waals surface area contributed by atoms with E-state index < -0.39 is 9.52 Å². The number of nitrogens with zero attached hydrogens (tertiary/aromatic N) is 4. The molecule has 0 unspecified atom stereocenters. The molecular formula is C52H43N5Si. The van der Waals surface area contributed by atoms with Crippen LogP contribution in [0, 0.1) is 0 Å². The number of nitrogens with one attached hydrogen (secondary N) is 1. The van der Waals surface area contributed by atoms with Crippen molar-refractivity contribution < 1.29 is 0 Å². The molecule has 0 bridgehead atoms. The minimum absolute atomic E-state index is 0.598. The molecule has 58 heavy (non-hydrogen) atoms. The van der Waals surface area contributed by atoms with Crippen LogP contribution >= 0.6 is 0 Å². The summed E-state index contributed by atoms with van der Waals surface area (Å²) in [5.41, 5.74) is 14.2. The smallest absolute Gasteiger partial charge is 0.143 e. The van der Waals surface area contributed by atoms with Crippen LogP contribution in [0.4, 0.5) is 0 Å². The van der Waals surface area contributed by atoms with Gasteiger partial charge in [0.2, 0.25) is 0 Å². The number of hydrogen-bond donors (Lipinski definition) is 1. The zero-order valence-corrected chi connectivity index (χ0v) is 33.9. The summed E-state index contributed by atoms with van der Waals surface area (Å²) in [5, 5.41) is 10.1. The fraction of sp³-hybridized carbons (Fsp3) is 0.0577. The van der Waals surface area contributed by atoms with E-state index >= 15 is 0 Å². The molecule has 2 heterocycles. The van der Waals surface area contributed by atoms with Gasteiger partial charge in [-0.15, -0.1) is 0 Å². The Balaban J connectivity index is 1.08. The molecule has 0 amide bonds. The van der Waals surface area contributed by atoms with E-state index in [1.807, 2.05) is 12.1 Å². The maximum absolute atomic E-state index is 5.04. The van der Waals surface area contributed by atoms with Crippen molar-refractivity contribution in [1.29, 1.82) is 0 Å². The lowest BCUT2D eigenvalue weighted by Crippen LogP contribution is -2.39. The van der Waals surface area contributed by atoms with Gasteiger partial charge in [-0.05, 0) is 59.7 Å². The predicted octanol–water partition coefficient (Wildman–Crippen LogP) is 9.58. The number of para-hydroxylation sites is 2. The average Bonchev–Trinajstić information content (AvgIpc) is 3.77. The maximum Gasteiger partial charge on any atom is 0.143 e. The van der Waals surface area contributed by atoms with Gasteiger partial charge in [-0.2, -0.15) is 0 Å². The number of rotatable bonds is 10. The Labute approximate surface area is 340 Å². The van der Waals surface area contributed by atoms with Crippen molar-refractivity contribution in [2.45, 2.75) is 13.1 Å². The predicted molar refractivity (Wildman–Crippen MR) is 247 cm³/mol. The first kappa shape index (κ1) is 35.4. The Hall–Kier alpha value is -6.99. The van der Waals surface area contributed by atoms with Crippen LogP contribution in [0.5, 0.6) is 0 Å². The largest absolute Gasteiger partial charge is 0.309 e. The second-order valence-electron chi connectivity index (χ2n) is 15.1. The second-order valence-corrected chi connectivity index (χ2v) is 17.1. The molecule has 10 rings (SSSR count). The fourth-order valence-corrected chi connectivity index (χ4v) is 9.95. The summed E-state index contributed by atoms with van der Waals surface area (Å²) in [6.07, 6.45) is 0. The van der Waals surface area contributed by atoms with Crippen LogP contribution in [0.1, 0.15) is 16.7 Å². The minimum atomic E-state index is -0.651. The van der Waals surface area contributed by atoms with Crippen LogP contribution in [0.15, 0.2) is 205 Å². The number of benzene rings is 8. The number of hydrogen-bond acceptors (Lipinski definition) is 2. The highest BCUT2D eigenvalue weighted by molar-refractivity contribution is 6.67. The number of hydrazine groups is 1. The number of fused-ring (bicyclic) bond motifs is 6. The van der Waals surface area contributed by atoms with Gasteiger partial charge < -0.3 is 14.6 Å². The van der Waals surface area contributed by atoms with Gasteiger partial charge in [0.05, 0.1) is 38.1 Å². The van der Waals surface area contributed by atoms with Crippen molar-refractivity contribution in [3.63, 3.8) is 0 Å². The minimum Gasteiger partial charge on any atom is -0.309 e. The van der Waals surface area contributed by atoms with E-state index in [4.69, 9.17) is 4.99 Å². The Bertz CT molecular complexity index is 3060. The monoisotopic (exact) mass is 765 g/mol. The molecule has 10 aromatic rings. The molecule has 0 atom stereocenters. The Kier molecular flexibility index (Phi) is 9.47. The van der Waals surface area contributed by atoms with Gasteiger partial charge in [-0.3, -0.25) is 4.99 Å². The molecule has 2 aromatic heterocycles. The van der Waals surface area contributed by atoms with Gasteiger partial charge in [0.25, 0.3) is 0 Å². The lowest BCUT2D eigenvalue weighted by Gasteiger charge is -2.21. The summed E-state index contributed by atoms with van der Waals surface area (Å²) < 4.78 is 4.89. The third kappa shape index (κ3) is 6.89.